The highest BCUT2D eigenvalue weighted by Gasteiger charge is 2.36. The summed E-state index contributed by atoms with van der Waals surface area (Å²) in [5, 5.41) is 21.1. The summed E-state index contributed by atoms with van der Waals surface area (Å²) < 4.78 is 10.1. The molecule has 2 amide bonds. The molecule has 9 heteroatoms. The Morgan fingerprint density at radius 1 is 1.32 bits per heavy atom. The van der Waals surface area contributed by atoms with E-state index < -0.39 is 17.4 Å². The molecule has 3 aromatic rings. The van der Waals surface area contributed by atoms with Gasteiger partial charge in [0.1, 0.15) is 11.5 Å². The molecule has 0 aliphatic carbocycles. The summed E-state index contributed by atoms with van der Waals surface area (Å²) in [6.45, 7) is 1.43. The molecule has 1 unspecified atom stereocenters. The number of aryl methyl sites for hydroxylation is 1. The lowest BCUT2D eigenvalue weighted by Crippen LogP contribution is -2.44. The highest BCUT2D eigenvalue weighted by molar-refractivity contribution is 7.10. The molecule has 0 aliphatic rings. The van der Waals surface area contributed by atoms with E-state index in [4.69, 9.17) is 8.94 Å². The van der Waals surface area contributed by atoms with Gasteiger partial charge in [0.25, 0.3) is 0 Å². The highest BCUT2D eigenvalue weighted by atomic mass is 32.1. The van der Waals surface area contributed by atoms with Gasteiger partial charge in [-0.25, -0.2) is 0 Å². The zero-order chi connectivity index (χ0) is 17.9. The predicted molar refractivity (Wildman–Crippen MR) is 88.9 cm³/mol. The van der Waals surface area contributed by atoms with Crippen LogP contribution in [0.1, 0.15) is 16.4 Å². The molecule has 0 bridgehead atoms. The lowest BCUT2D eigenvalue weighted by molar-refractivity contribution is -0.136. The van der Waals surface area contributed by atoms with E-state index in [9.17, 15) is 14.7 Å². The Kier molecular flexibility index (Phi) is 4.68. The topological polar surface area (TPSA) is 118 Å². The molecule has 3 N–H and O–H groups in total. The number of aromatic nitrogens is 1. The van der Waals surface area contributed by atoms with Crippen LogP contribution in [0.5, 0.6) is 0 Å². The third-order valence-electron chi connectivity index (χ3n) is 3.44. The molecular weight excluding hydrogens is 346 g/mol. The molecule has 0 aromatic carbocycles. The standard InChI is InChI=1S/C16H15N3O5S/c1-10-8-13(19-24-10)18-15(21)14(20)17-9-16(22,11-4-2-6-23-11)12-5-3-7-25-12/h2-8,22H,9H2,1H3,(H,17,20)(H,18,19,21). The second-order valence-corrected chi connectivity index (χ2v) is 6.22. The first-order valence-corrected chi connectivity index (χ1v) is 8.20. The van der Waals surface area contributed by atoms with Crippen LogP contribution in [0.2, 0.25) is 0 Å². The number of nitrogens with one attached hydrogen (secondary N) is 2. The van der Waals surface area contributed by atoms with E-state index in [1.54, 1.807) is 36.6 Å². The maximum absolute atomic E-state index is 12.0. The van der Waals surface area contributed by atoms with Crippen molar-refractivity contribution in [2.24, 2.45) is 0 Å². The fourth-order valence-corrected chi connectivity index (χ4v) is 3.04. The molecule has 1 atom stereocenters. The Morgan fingerprint density at radius 3 is 2.76 bits per heavy atom. The number of aliphatic hydroxyl groups is 1. The largest absolute Gasteiger partial charge is 0.466 e. The monoisotopic (exact) mass is 361 g/mol. The minimum atomic E-state index is -1.57. The van der Waals surface area contributed by atoms with Crippen molar-refractivity contribution >= 4 is 29.0 Å². The maximum Gasteiger partial charge on any atom is 0.314 e. The number of hydrogen-bond donors (Lipinski definition) is 3. The quantitative estimate of drug-likeness (QED) is 0.595. The van der Waals surface area contributed by atoms with Crippen LogP contribution in [0.3, 0.4) is 0 Å². The summed E-state index contributed by atoms with van der Waals surface area (Å²) in [5.74, 6) is -0.927. The van der Waals surface area contributed by atoms with Gasteiger partial charge in [-0.05, 0) is 30.5 Å². The molecule has 0 saturated carbocycles. The van der Waals surface area contributed by atoms with E-state index >= 15 is 0 Å². The summed E-state index contributed by atoms with van der Waals surface area (Å²) >= 11 is 1.31. The summed E-state index contributed by atoms with van der Waals surface area (Å²) in [7, 11) is 0. The first-order valence-electron chi connectivity index (χ1n) is 7.32. The fourth-order valence-electron chi connectivity index (χ4n) is 2.21. The van der Waals surface area contributed by atoms with Crippen LogP contribution in [0, 0.1) is 6.92 Å². The summed E-state index contributed by atoms with van der Waals surface area (Å²) in [6, 6.07) is 8.21. The molecule has 3 aromatic heterocycles. The van der Waals surface area contributed by atoms with Gasteiger partial charge in [-0.1, -0.05) is 11.2 Å². The maximum atomic E-state index is 12.0. The van der Waals surface area contributed by atoms with Crippen LogP contribution >= 0.6 is 11.3 Å². The van der Waals surface area contributed by atoms with Crippen molar-refractivity contribution in [2.75, 3.05) is 11.9 Å². The summed E-state index contributed by atoms with van der Waals surface area (Å²) in [5.41, 5.74) is -1.57. The van der Waals surface area contributed by atoms with Gasteiger partial charge in [0, 0.05) is 10.9 Å². The van der Waals surface area contributed by atoms with Crippen LogP contribution < -0.4 is 10.6 Å². The molecule has 3 heterocycles. The second-order valence-electron chi connectivity index (χ2n) is 5.27. The zero-order valence-corrected chi connectivity index (χ0v) is 14.0. The van der Waals surface area contributed by atoms with Crippen molar-refractivity contribution in [1.82, 2.24) is 10.5 Å². The van der Waals surface area contributed by atoms with Crippen molar-refractivity contribution in [2.45, 2.75) is 12.5 Å². The van der Waals surface area contributed by atoms with Gasteiger partial charge in [0.05, 0.1) is 12.8 Å². The molecule has 25 heavy (non-hydrogen) atoms. The first kappa shape index (κ1) is 16.9. The van der Waals surface area contributed by atoms with Crippen LogP contribution in [0.4, 0.5) is 5.82 Å². The molecule has 0 saturated heterocycles. The van der Waals surface area contributed by atoms with Gasteiger partial charge >= 0.3 is 11.8 Å². The van der Waals surface area contributed by atoms with Crippen LogP contribution in [-0.4, -0.2) is 28.6 Å². The van der Waals surface area contributed by atoms with E-state index in [1.807, 2.05) is 0 Å². The van der Waals surface area contributed by atoms with E-state index in [2.05, 4.69) is 15.8 Å². The first-order chi connectivity index (χ1) is 12.0. The van der Waals surface area contributed by atoms with Crippen LogP contribution in [-0.2, 0) is 15.2 Å². The number of anilines is 1. The SMILES string of the molecule is Cc1cc(NC(=O)C(=O)NCC(O)(c2ccco2)c2cccs2)no1. The van der Waals surface area contributed by atoms with Crippen molar-refractivity contribution in [3.05, 3.63) is 58.4 Å². The third kappa shape index (κ3) is 3.62. The highest BCUT2D eigenvalue weighted by Crippen LogP contribution is 2.32. The minimum Gasteiger partial charge on any atom is -0.466 e. The van der Waals surface area contributed by atoms with Gasteiger partial charge in [-0.15, -0.1) is 11.3 Å². The van der Waals surface area contributed by atoms with Gasteiger partial charge < -0.3 is 19.4 Å². The number of nitrogens with zero attached hydrogens (tertiary/aromatic N) is 1. The Morgan fingerprint density at radius 2 is 2.16 bits per heavy atom. The number of hydrogen-bond acceptors (Lipinski definition) is 7. The minimum absolute atomic E-state index is 0.136. The number of thiophene rings is 1. The predicted octanol–water partition coefficient (Wildman–Crippen LogP) is 1.63. The van der Waals surface area contributed by atoms with Crippen molar-refractivity contribution in [1.29, 1.82) is 0 Å². The Balaban J connectivity index is 1.69. The van der Waals surface area contributed by atoms with E-state index in [0.717, 1.165) is 0 Å². The molecular formula is C16H15N3O5S. The lowest BCUT2D eigenvalue weighted by atomic mass is 9.98. The van der Waals surface area contributed by atoms with Crippen LogP contribution in [0.25, 0.3) is 0 Å². The van der Waals surface area contributed by atoms with Gasteiger partial charge in [0.2, 0.25) is 0 Å². The molecule has 3 rings (SSSR count). The number of furan rings is 1. The van der Waals surface area contributed by atoms with E-state index in [0.29, 0.717) is 10.6 Å². The Hall–Kier alpha value is -2.91. The van der Waals surface area contributed by atoms with Crippen LogP contribution in [0.15, 0.2) is 50.9 Å². The molecule has 0 fully saturated rings. The summed E-state index contributed by atoms with van der Waals surface area (Å²) in [6.07, 6.45) is 1.43. The lowest BCUT2D eigenvalue weighted by Gasteiger charge is -2.25. The fraction of sp³-hybridized carbons (Fsp3) is 0.188. The molecule has 8 nitrogen and oxygen atoms in total. The third-order valence-corrected chi connectivity index (χ3v) is 4.46. The number of rotatable bonds is 5. The second kappa shape index (κ2) is 6.91. The van der Waals surface area contributed by atoms with Crippen molar-refractivity contribution in [3.8, 4) is 0 Å². The van der Waals surface area contributed by atoms with Gasteiger partial charge in [-0.3, -0.25) is 14.9 Å². The normalized spacial score (nSPS) is 13.2. The Labute approximate surface area is 146 Å². The van der Waals surface area contributed by atoms with Gasteiger partial charge in [0.15, 0.2) is 11.4 Å². The molecule has 130 valence electrons. The number of amides is 2. The average Bonchev–Trinajstić information content (AvgIpc) is 3.34. The van der Waals surface area contributed by atoms with Crippen molar-refractivity contribution in [3.63, 3.8) is 0 Å². The number of carbonyl (C=O) groups is 2. The molecule has 0 radical (unpaired) electrons. The molecule has 0 spiro atoms. The smallest absolute Gasteiger partial charge is 0.314 e. The van der Waals surface area contributed by atoms with E-state index in [-0.39, 0.29) is 18.1 Å². The molecule has 0 aliphatic heterocycles. The Bertz CT molecular complexity index is 820. The summed E-state index contributed by atoms with van der Waals surface area (Å²) in [4.78, 5) is 24.5. The zero-order valence-electron chi connectivity index (χ0n) is 13.2. The van der Waals surface area contributed by atoms with Crippen molar-refractivity contribution < 1.29 is 23.6 Å². The number of carbonyl (C=O) groups excluding carboxylic acids is 2. The van der Waals surface area contributed by atoms with E-state index in [1.165, 1.54) is 23.7 Å². The van der Waals surface area contributed by atoms with Gasteiger partial charge in [-0.2, -0.15) is 0 Å². The average molecular weight is 361 g/mol.